The maximum absolute atomic E-state index is 5.88. The lowest BCUT2D eigenvalue weighted by molar-refractivity contribution is 0.640. The standard InChI is InChI=1S/C10H14ClN3/c1-7(6-8-2-3-8)14-10-9(11)12-4-5-13-10/h4-5,7-8H,2-3,6H2,1H3,(H,13,14). The van der Waals surface area contributed by atoms with Crippen LogP contribution in [-0.4, -0.2) is 16.0 Å². The second-order valence-corrected chi connectivity index (χ2v) is 4.28. The number of nitrogens with one attached hydrogen (secondary N) is 1. The largest absolute Gasteiger partial charge is 0.365 e. The Morgan fingerprint density at radius 3 is 2.86 bits per heavy atom. The maximum atomic E-state index is 5.88. The molecule has 2 rings (SSSR count). The molecular weight excluding hydrogens is 198 g/mol. The number of halogens is 1. The van der Waals surface area contributed by atoms with Gasteiger partial charge in [-0.1, -0.05) is 24.4 Å². The first-order valence-corrected chi connectivity index (χ1v) is 5.36. The van der Waals surface area contributed by atoms with Gasteiger partial charge in [0.05, 0.1) is 0 Å². The van der Waals surface area contributed by atoms with E-state index >= 15 is 0 Å². The molecule has 1 saturated carbocycles. The lowest BCUT2D eigenvalue weighted by Gasteiger charge is -2.13. The third-order valence-electron chi connectivity index (χ3n) is 2.42. The van der Waals surface area contributed by atoms with Gasteiger partial charge in [-0.3, -0.25) is 0 Å². The average Bonchev–Trinajstić information content (AvgIpc) is 2.93. The molecule has 0 saturated heterocycles. The summed E-state index contributed by atoms with van der Waals surface area (Å²) in [6.07, 6.45) is 7.20. The minimum atomic E-state index is 0.427. The maximum Gasteiger partial charge on any atom is 0.171 e. The number of hydrogen-bond donors (Lipinski definition) is 1. The first-order chi connectivity index (χ1) is 6.75. The zero-order valence-electron chi connectivity index (χ0n) is 8.20. The van der Waals surface area contributed by atoms with Crippen LogP contribution in [0.15, 0.2) is 12.4 Å². The van der Waals surface area contributed by atoms with Crippen LogP contribution in [-0.2, 0) is 0 Å². The van der Waals surface area contributed by atoms with Crippen molar-refractivity contribution < 1.29 is 0 Å². The van der Waals surface area contributed by atoms with E-state index in [4.69, 9.17) is 11.6 Å². The highest BCUT2D eigenvalue weighted by atomic mass is 35.5. The topological polar surface area (TPSA) is 37.8 Å². The quantitative estimate of drug-likeness (QED) is 0.832. The van der Waals surface area contributed by atoms with Crippen molar-refractivity contribution in [2.75, 3.05) is 5.32 Å². The molecule has 1 unspecified atom stereocenters. The van der Waals surface area contributed by atoms with Gasteiger partial charge < -0.3 is 5.32 Å². The number of hydrogen-bond acceptors (Lipinski definition) is 3. The molecule has 0 aromatic carbocycles. The normalized spacial score (nSPS) is 17.9. The summed E-state index contributed by atoms with van der Waals surface area (Å²) in [6, 6.07) is 0.427. The van der Waals surface area contributed by atoms with Crippen LogP contribution < -0.4 is 5.32 Å². The Kier molecular flexibility index (Phi) is 2.87. The van der Waals surface area contributed by atoms with Crippen molar-refractivity contribution in [1.82, 2.24) is 9.97 Å². The summed E-state index contributed by atoms with van der Waals surface area (Å²) < 4.78 is 0. The van der Waals surface area contributed by atoms with Gasteiger partial charge in [0, 0.05) is 18.4 Å². The van der Waals surface area contributed by atoms with Gasteiger partial charge in [0.2, 0.25) is 0 Å². The molecular formula is C10H14ClN3. The van der Waals surface area contributed by atoms with Gasteiger partial charge >= 0.3 is 0 Å². The predicted molar refractivity (Wildman–Crippen MR) is 57.5 cm³/mol. The van der Waals surface area contributed by atoms with Crippen molar-refractivity contribution in [3.8, 4) is 0 Å². The fraction of sp³-hybridized carbons (Fsp3) is 0.600. The summed E-state index contributed by atoms with van der Waals surface area (Å²) in [5.41, 5.74) is 0. The van der Waals surface area contributed by atoms with Crippen LogP contribution in [0.2, 0.25) is 5.15 Å². The molecule has 0 bridgehead atoms. The summed E-state index contributed by atoms with van der Waals surface area (Å²) in [7, 11) is 0. The number of nitrogens with zero attached hydrogens (tertiary/aromatic N) is 2. The van der Waals surface area contributed by atoms with Gasteiger partial charge in [-0.2, -0.15) is 0 Å². The van der Waals surface area contributed by atoms with Crippen LogP contribution in [0.25, 0.3) is 0 Å². The van der Waals surface area contributed by atoms with E-state index in [0.717, 1.165) is 5.92 Å². The van der Waals surface area contributed by atoms with Crippen LogP contribution in [0.5, 0.6) is 0 Å². The molecule has 1 aromatic rings. The molecule has 0 radical (unpaired) electrons. The van der Waals surface area contributed by atoms with Crippen LogP contribution in [0.4, 0.5) is 5.82 Å². The zero-order valence-corrected chi connectivity index (χ0v) is 8.96. The van der Waals surface area contributed by atoms with Crippen LogP contribution in [0.3, 0.4) is 0 Å². The Balaban J connectivity index is 1.91. The summed E-state index contributed by atoms with van der Waals surface area (Å²) in [5, 5.41) is 3.73. The van der Waals surface area contributed by atoms with E-state index in [1.165, 1.54) is 19.3 Å². The molecule has 1 heterocycles. The van der Waals surface area contributed by atoms with E-state index in [9.17, 15) is 0 Å². The van der Waals surface area contributed by atoms with Gasteiger partial charge in [0.1, 0.15) is 0 Å². The van der Waals surface area contributed by atoms with Crippen molar-refractivity contribution in [1.29, 1.82) is 0 Å². The molecule has 4 heteroatoms. The third-order valence-corrected chi connectivity index (χ3v) is 2.70. The van der Waals surface area contributed by atoms with Gasteiger partial charge in [-0.15, -0.1) is 0 Å². The highest BCUT2D eigenvalue weighted by Crippen LogP contribution is 2.34. The van der Waals surface area contributed by atoms with Crippen molar-refractivity contribution in [3.05, 3.63) is 17.5 Å². The Morgan fingerprint density at radius 1 is 1.50 bits per heavy atom. The van der Waals surface area contributed by atoms with E-state index in [1.807, 2.05) is 0 Å². The predicted octanol–water partition coefficient (Wildman–Crippen LogP) is 2.73. The first-order valence-electron chi connectivity index (χ1n) is 4.98. The fourth-order valence-corrected chi connectivity index (χ4v) is 1.72. The van der Waals surface area contributed by atoms with E-state index in [-0.39, 0.29) is 0 Å². The molecule has 76 valence electrons. The first kappa shape index (κ1) is 9.71. The number of anilines is 1. The molecule has 1 atom stereocenters. The summed E-state index contributed by atoms with van der Waals surface area (Å²) in [4.78, 5) is 8.11. The van der Waals surface area contributed by atoms with Crippen LogP contribution in [0, 0.1) is 5.92 Å². The lowest BCUT2D eigenvalue weighted by Crippen LogP contribution is -2.17. The lowest BCUT2D eigenvalue weighted by atomic mass is 10.1. The van der Waals surface area contributed by atoms with Crippen molar-refractivity contribution in [2.24, 2.45) is 5.92 Å². The molecule has 1 aliphatic carbocycles. The average molecular weight is 212 g/mol. The molecule has 0 spiro atoms. The highest BCUT2D eigenvalue weighted by molar-refractivity contribution is 6.31. The Morgan fingerprint density at radius 2 is 2.21 bits per heavy atom. The minimum absolute atomic E-state index is 0.427. The number of aromatic nitrogens is 2. The molecule has 0 amide bonds. The highest BCUT2D eigenvalue weighted by Gasteiger charge is 2.23. The van der Waals surface area contributed by atoms with Crippen molar-refractivity contribution in [3.63, 3.8) is 0 Å². The Labute approximate surface area is 88.9 Å². The molecule has 1 N–H and O–H groups in total. The van der Waals surface area contributed by atoms with Gasteiger partial charge in [0.15, 0.2) is 11.0 Å². The molecule has 1 fully saturated rings. The molecule has 1 aromatic heterocycles. The van der Waals surface area contributed by atoms with E-state index in [1.54, 1.807) is 12.4 Å². The van der Waals surface area contributed by atoms with Crippen molar-refractivity contribution >= 4 is 17.4 Å². The van der Waals surface area contributed by atoms with Crippen LogP contribution in [0.1, 0.15) is 26.2 Å². The monoisotopic (exact) mass is 211 g/mol. The Hall–Kier alpha value is -0.830. The Bertz CT molecular complexity index is 312. The second kappa shape index (κ2) is 4.13. The molecule has 3 nitrogen and oxygen atoms in total. The summed E-state index contributed by atoms with van der Waals surface area (Å²) in [5.74, 6) is 1.61. The third kappa shape index (κ3) is 2.58. The van der Waals surface area contributed by atoms with E-state index in [0.29, 0.717) is 17.0 Å². The van der Waals surface area contributed by atoms with Crippen LogP contribution >= 0.6 is 11.6 Å². The molecule has 0 aliphatic heterocycles. The SMILES string of the molecule is CC(CC1CC1)Nc1nccnc1Cl. The van der Waals surface area contributed by atoms with Gasteiger partial charge in [-0.05, 0) is 19.3 Å². The smallest absolute Gasteiger partial charge is 0.171 e. The van der Waals surface area contributed by atoms with E-state index < -0.39 is 0 Å². The summed E-state index contributed by atoms with van der Waals surface area (Å²) >= 11 is 5.88. The minimum Gasteiger partial charge on any atom is -0.365 e. The summed E-state index contributed by atoms with van der Waals surface area (Å²) in [6.45, 7) is 2.16. The molecule has 14 heavy (non-hydrogen) atoms. The van der Waals surface area contributed by atoms with Gasteiger partial charge in [0.25, 0.3) is 0 Å². The zero-order chi connectivity index (χ0) is 9.97. The molecule has 1 aliphatic rings. The fourth-order valence-electron chi connectivity index (χ4n) is 1.56. The second-order valence-electron chi connectivity index (χ2n) is 3.92. The van der Waals surface area contributed by atoms with Gasteiger partial charge in [-0.25, -0.2) is 9.97 Å². The van der Waals surface area contributed by atoms with E-state index in [2.05, 4.69) is 22.2 Å². The number of rotatable bonds is 4. The van der Waals surface area contributed by atoms with Crippen molar-refractivity contribution in [2.45, 2.75) is 32.2 Å².